The van der Waals surface area contributed by atoms with E-state index in [1.54, 1.807) is 29.2 Å². The number of aryl methyl sites for hydroxylation is 1. The number of amides is 1. The van der Waals surface area contributed by atoms with E-state index in [9.17, 15) is 4.79 Å². The first-order valence-electron chi connectivity index (χ1n) is 7.31. The minimum atomic E-state index is -0.118. The quantitative estimate of drug-likeness (QED) is 0.870. The van der Waals surface area contributed by atoms with Crippen molar-refractivity contribution in [2.24, 2.45) is 0 Å². The molecule has 0 saturated carbocycles. The van der Waals surface area contributed by atoms with Crippen molar-refractivity contribution >= 4 is 40.7 Å². The van der Waals surface area contributed by atoms with Crippen molar-refractivity contribution in [1.82, 2.24) is 14.9 Å². The SMILES string of the molecule is CCN(CC)C(=O)c1cc(C)nc(Nc2cc(Cl)cc(Cl)c2)n1. The third-order valence-corrected chi connectivity index (χ3v) is 3.68. The van der Waals surface area contributed by atoms with E-state index in [2.05, 4.69) is 15.3 Å². The molecular formula is C16H18Cl2N4O. The van der Waals surface area contributed by atoms with Gasteiger partial charge < -0.3 is 10.2 Å². The second kappa shape index (κ2) is 7.62. The van der Waals surface area contributed by atoms with Crippen molar-refractivity contribution in [3.05, 3.63) is 45.7 Å². The molecule has 0 aliphatic carbocycles. The summed E-state index contributed by atoms with van der Waals surface area (Å²) in [6.07, 6.45) is 0. The minimum Gasteiger partial charge on any atom is -0.338 e. The molecule has 0 aliphatic heterocycles. The number of rotatable bonds is 5. The second-order valence-corrected chi connectivity index (χ2v) is 5.85. The second-order valence-electron chi connectivity index (χ2n) is 4.98. The standard InChI is InChI=1S/C16H18Cl2N4O/c1-4-22(5-2)15(23)14-6-10(3)19-16(21-14)20-13-8-11(17)7-12(18)9-13/h6-9H,4-5H2,1-3H3,(H,19,20,21). The number of anilines is 2. The van der Waals surface area contributed by atoms with Gasteiger partial charge in [-0.25, -0.2) is 9.97 Å². The Morgan fingerprint density at radius 1 is 1.09 bits per heavy atom. The number of nitrogens with zero attached hydrogens (tertiary/aromatic N) is 3. The van der Waals surface area contributed by atoms with Gasteiger partial charge in [-0.15, -0.1) is 0 Å². The van der Waals surface area contributed by atoms with Crippen molar-refractivity contribution in [2.75, 3.05) is 18.4 Å². The molecular weight excluding hydrogens is 335 g/mol. The summed E-state index contributed by atoms with van der Waals surface area (Å²) in [5.41, 5.74) is 1.72. The minimum absolute atomic E-state index is 0.118. The number of carbonyl (C=O) groups excluding carboxylic acids is 1. The molecule has 1 N–H and O–H groups in total. The molecule has 2 rings (SSSR count). The number of nitrogens with one attached hydrogen (secondary N) is 1. The van der Waals surface area contributed by atoms with Gasteiger partial charge in [-0.2, -0.15) is 0 Å². The van der Waals surface area contributed by atoms with Crippen LogP contribution in [0.1, 0.15) is 30.0 Å². The van der Waals surface area contributed by atoms with E-state index >= 15 is 0 Å². The lowest BCUT2D eigenvalue weighted by molar-refractivity contribution is 0.0767. The van der Waals surface area contributed by atoms with Crippen molar-refractivity contribution < 1.29 is 4.79 Å². The monoisotopic (exact) mass is 352 g/mol. The summed E-state index contributed by atoms with van der Waals surface area (Å²) in [6, 6.07) is 6.74. The molecule has 2 aromatic rings. The van der Waals surface area contributed by atoms with Crippen LogP contribution < -0.4 is 5.32 Å². The summed E-state index contributed by atoms with van der Waals surface area (Å²) in [7, 11) is 0. The maximum absolute atomic E-state index is 12.4. The summed E-state index contributed by atoms with van der Waals surface area (Å²) in [5, 5.41) is 4.05. The lowest BCUT2D eigenvalue weighted by atomic mass is 10.3. The van der Waals surface area contributed by atoms with E-state index in [0.29, 0.717) is 46.2 Å². The van der Waals surface area contributed by atoms with Gasteiger partial charge in [0.15, 0.2) is 0 Å². The summed E-state index contributed by atoms with van der Waals surface area (Å²) >= 11 is 12.0. The van der Waals surface area contributed by atoms with E-state index in [1.807, 2.05) is 20.8 Å². The van der Waals surface area contributed by atoms with Crippen LogP contribution in [-0.4, -0.2) is 33.9 Å². The summed E-state index contributed by atoms with van der Waals surface area (Å²) in [4.78, 5) is 22.8. The van der Waals surface area contributed by atoms with E-state index in [4.69, 9.17) is 23.2 Å². The number of halogens is 2. The van der Waals surface area contributed by atoms with Gasteiger partial charge >= 0.3 is 0 Å². The highest BCUT2D eigenvalue weighted by Gasteiger charge is 2.16. The van der Waals surface area contributed by atoms with Crippen LogP contribution in [0.25, 0.3) is 0 Å². The predicted octanol–water partition coefficient (Wildman–Crippen LogP) is 4.32. The molecule has 7 heteroatoms. The molecule has 1 aromatic heterocycles. The Bertz CT molecular complexity index is 697. The molecule has 1 amide bonds. The van der Waals surface area contributed by atoms with Crippen molar-refractivity contribution in [2.45, 2.75) is 20.8 Å². The molecule has 1 heterocycles. The fourth-order valence-corrected chi connectivity index (χ4v) is 2.69. The zero-order valence-corrected chi connectivity index (χ0v) is 14.7. The van der Waals surface area contributed by atoms with Crippen LogP contribution in [-0.2, 0) is 0 Å². The zero-order valence-electron chi connectivity index (χ0n) is 13.2. The molecule has 0 unspecified atom stereocenters. The van der Waals surface area contributed by atoms with Crippen LogP contribution in [0.3, 0.4) is 0 Å². The van der Waals surface area contributed by atoms with Gasteiger partial charge in [0.2, 0.25) is 5.95 Å². The zero-order chi connectivity index (χ0) is 17.0. The Hall–Kier alpha value is -1.85. The maximum atomic E-state index is 12.4. The number of hydrogen-bond donors (Lipinski definition) is 1. The molecule has 122 valence electrons. The summed E-state index contributed by atoms with van der Waals surface area (Å²) < 4.78 is 0. The van der Waals surface area contributed by atoms with Crippen molar-refractivity contribution in [3.63, 3.8) is 0 Å². The van der Waals surface area contributed by atoms with Crippen LogP contribution in [0.2, 0.25) is 10.0 Å². The van der Waals surface area contributed by atoms with Gasteiger partial charge in [-0.05, 0) is 45.0 Å². The van der Waals surface area contributed by atoms with Gasteiger partial charge in [0.25, 0.3) is 5.91 Å². The van der Waals surface area contributed by atoms with Crippen LogP contribution >= 0.6 is 23.2 Å². The number of hydrogen-bond acceptors (Lipinski definition) is 4. The van der Waals surface area contributed by atoms with E-state index in [0.717, 1.165) is 0 Å². The maximum Gasteiger partial charge on any atom is 0.272 e. The van der Waals surface area contributed by atoms with Crippen LogP contribution in [0.5, 0.6) is 0 Å². The first-order chi connectivity index (χ1) is 10.9. The van der Waals surface area contributed by atoms with E-state index in [1.165, 1.54) is 0 Å². The Morgan fingerprint density at radius 2 is 1.70 bits per heavy atom. The lowest BCUT2D eigenvalue weighted by Gasteiger charge is -2.18. The average Bonchev–Trinajstić information content (AvgIpc) is 2.46. The fourth-order valence-electron chi connectivity index (χ4n) is 2.16. The summed E-state index contributed by atoms with van der Waals surface area (Å²) in [6.45, 7) is 6.94. The molecule has 1 aromatic carbocycles. The first-order valence-corrected chi connectivity index (χ1v) is 8.06. The van der Waals surface area contributed by atoms with Gasteiger partial charge in [-0.1, -0.05) is 23.2 Å². The topological polar surface area (TPSA) is 58.1 Å². The Balaban J connectivity index is 2.31. The van der Waals surface area contributed by atoms with Gasteiger partial charge in [0.05, 0.1) is 0 Å². The van der Waals surface area contributed by atoms with Crippen molar-refractivity contribution in [3.8, 4) is 0 Å². The van der Waals surface area contributed by atoms with E-state index in [-0.39, 0.29) is 5.91 Å². The Kier molecular flexibility index (Phi) is 5.80. The normalized spacial score (nSPS) is 10.5. The van der Waals surface area contributed by atoms with Crippen LogP contribution in [0, 0.1) is 6.92 Å². The number of carbonyl (C=O) groups is 1. The highest BCUT2D eigenvalue weighted by Crippen LogP contribution is 2.24. The molecule has 0 bridgehead atoms. The van der Waals surface area contributed by atoms with Gasteiger partial charge in [0.1, 0.15) is 5.69 Å². The highest BCUT2D eigenvalue weighted by molar-refractivity contribution is 6.35. The first kappa shape index (κ1) is 17.5. The largest absolute Gasteiger partial charge is 0.338 e. The van der Waals surface area contributed by atoms with Crippen LogP contribution in [0.15, 0.2) is 24.3 Å². The lowest BCUT2D eigenvalue weighted by Crippen LogP contribution is -2.31. The van der Waals surface area contributed by atoms with Crippen LogP contribution in [0.4, 0.5) is 11.6 Å². The fraction of sp³-hybridized carbons (Fsp3) is 0.312. The van der Waals surface area contributed by atoms with Gasteiger partial charge in [-0.3, -0.25) is 4.79 Å². The van der Waals surface area contributed by atoms with Crippen molar-refractivity contribution in [1.29, 1.82) is 0 Å². The third kappa shape index (κ3) is 4.56. The molecule has 0 spiro atoms. The molecule has 0 fully saturated rings. The number of benzene rings is 1. The molecule has 0 atom stereocenters. The third-order valence-electron chi connectivity index (χ3n) is 3.24. The van der Waals surface area contributed by atoms with Gasteiger partial charge in [0, 0.05) is 34.5 Å². The molecule has 0 saturated heterocycles. The molecule has 5 nitrogen and oxygen atoms in total. The highest BCUT2D eigenvalue weighted by atomic mass is 35.5. The van der Waals surface area contributed by atoms with E-state index < -0.39 is 0 Å². The molecule has 0 radical (unpaired) electrons. The predicted molar refractivity (Wildman–Crippen MR) is 93.8 cm³/mol. The average molecular weight is 353 g/mol. The number of aromatic nitrogens is 2. The smallest absolute Gasteiger partial charge is 0.272 e. The molecule has 23 heavy (non-hydrogen) atoms. The Labute approximate surface area is 145 Å². The molecule has 0 aliphatic rings. The Morgan fingerprint density at radius 3 is 2.26 bits per heavy atom. The summed E-state index contributed by atoms with van der Waals surface area (Å²) in [5.74, 6) is 0.214.